The Morgan fingerprint density at radius 1 is 1.20 bits per heavy atom. The van der Waals surface area contributed by atoms with Gasteiger partial charge in [-0.15, -0.1) is 0 Å². The van der Waals surface area contributed by atoms with Gasteiger partial charge in [-0.05, 0) is 19.2 Å². The van der Waals surface area contributed by atoms with Gasteiger partial charge in [0.05, 0.1) is 24.5 Å². The summed E-state index contributed by atoms with van der Waals surface area (Å²) in [6.45, 7) is 2.82. The van der Waals surface area contributed by atoms with Crippen molar-refractivity contribution in [2.24, 2.45) is 0 Å². The van der Waals surface area contributed by atoms with Crippen LogP contribution < -0.4 is 10.2 Å². The highest BCUT2D eigenvalue weighted by Crippen LogP contribution is 2.31. The lowest BCUT2D eigenvalue weighted by Gasteiger charge is -2.35. The number of imide groups is 1. The number of aliphatic hydroxyl groups is 1. The molecule has 0 radical (unpaired) electrons. The molecule has 0 spiro atoms. The van der Waals surface area contributed by atoms with Crippen LogP contribution in [0.2, 0.25) is 0 Å². The maximum Gasteiger partial charge on any atom is 0.277 e. The lowest BCUT2D eigenvalue weighted by atomic mass is 10.2. The molecule has 0 bridgehead atoms. The summed E-state index contributed by atoms with van der Waals surface area (Å²) in [4.78, 5) is 29.3. The minimum atomic E-state index is -0.563. The molecule has 2 aliphatic heterocycles. The van der Waals surface area contributed by atoms with E-state index in [0.29, 0.717) is 5.69 Å². The number of hydrogen-bond donors (Lipinski definition) is 2. The number of likely N-dealkylation sites (N-methyl/N-ethyl adjacent to an activating group) is 1. The molecule has 0 aliphatic carbocycles. The van der Waals surface area contributed by atoms with Crippen LogP contribution in [0, 0.1) is 5.82 Å². The third-order valence-electron chi connectivity index (χ3n) is 4.43. The van der Waals surface area contributed by atoms with Crippen molar-refractivity contribution in [1.82, 2.24) is 9.80 Å². The topological polar surface area (TPSA) is 76.1 Å². The van der Waals surface area contributed by atoms with Gasteiger partial charge in [-0.25, -0.2) is 4.39 Å². The van der Waals surface area contributed by atoms with E-state index in [1.165, 1.54) is 6.07 Å². The van der Waals surface area contributed by atoms with E-state index < -0.39 is 17.6 Å². The van der Waals surface area contributed by atoms with E-state index >= 15 is 0 Å². The summed E-state index contributed by atoms with van der Waals surface area (Å²) in [7, 11) is 2.03. The molecule has 2 heterocycles. The zero-order valence-corrected chi connectivity index (χ0v) is 14.0. The number of β-amino-alcohol motifs (C(OH)–C–C–N with tert-alkyl or cyclic N) is 1. The molecule has 8 heteroatoms. The van der Waals surface area contributed by atoms with Crippen LogP contribution in [0.1, 0.15) is 0 Å². The number of carbonyl (C=O) groups is 2. The van der Waals surface area contributed by atoms with Gasteiger partial charge >= 0.3 is 0 Å². The molecule has 0 aromatic heterocycles. The Morgan fingerprint density at radius 3 is 2.60 bits per heavy atom. The maximum atomic E-state index is 14.4. The van der Waals surface area contributed by atoms with Gasteiger partial charge in [0.1, 0.15) is 11.5 Å². The standard InChI is InChI=1S/C17H21FN4O3/c1-20-5-7-21(8-6-20)14-4-2-3-12(18)16(14)19-13-11-15(24)22(9-10-23)17(13)25/h2-4,11,19,23H,5-10H2,1H3. The number of carbonyl (C=O) groups excluding carboxylic acids is 2. The van der Waals surface area contributed by atoms with Crippen LogP contribution in [0.25, 0.3) is 0 Å². The number of hydrogen-bond acceptors (Lipinski definition) is 6. The first-order valence-corrected chi connectivity index (χ1v) is 8.18. The third kappa shape index (κ3) is 3.49. The second kappa shape index (κ2) is 7.20. The van der Waals surface area contributed by atoms with Crippen molar-refractivity contribution < 1.29 is 19.1 Å². The molecule has 2 amide bonds. The van der Waals surface area contributed by atoms with Crippen LogP contribution in [0.4, 0.5) is 15.8 Å². The fourth-order valence-electron chi connectivity index (χ4n) is 2.99. The smallest absolute Gasteiger partial charge is 0.277 e. The molecule has 0 unspecified atom stereocenters. The van der Waals surface area contributed by atoms with Crippen LogP contribution >= 0.6 is 0 Å². The number of benzene rings is 1. The third-order valence-corrected chi connectivity index (χ3v) is 4.43. The van der Waals surface area contributed by atoms with Gasteiger partial charge in [0.15, 0.2) is 0 Å². The van der Waals surface area contributed by atoms with Crippen molar-refractivity contribution in [3.8, 4) is 0 Å². The molecule has 0 atom stereocenters. The highest BCUT2D eigenvalue weighted by atomic mass is 19.1. The Hall–Kier alpha value is -2.45. The normalized spacial score (nSPS) is 18.8. The number of nitrogens with zero attached hydrogens (tertiary/aromatic N) is 3. The first-order chi connectivity index (χ1) is 12.0. The molecule has 1 saturated heterocycles. The summed E-state index contributed by atoms with van der Waals surface area (Å²) in [5, 5.41) is 11.7. The van der Waals surface area contributed by atoms with Crippen LogP contribution in [-0.2, 0) is 9.59 Å². The average molecular weight is 348 g/mol. The molecule has 7 nitrogen and oxygen atoms in total. The predicted octanol–water partition coefficient (Wildman–Crippen LogP) is 0.234. The van der Waals surface area contributed by atoms with Gasteiger partial charge in [-0.1, -0.05) is 6.07 Å². The number of amides is 2. The Kier molecular flexibility index (Phi) is 5.00. The van der Waals surface area contributed by atoms with Crippen LogP contribution in [0.5, 0.6) is 0 Å². The van der Waals surface area contributed by atoms with Crippen LogP contribution in [0.3, 0.4) is 0 Å². The van der Waals surface area contributed by atoms with E-state index in [9.17, 15) is 14.0 Å². The molecule has 2 N–H and O–H groups in total. The van der Waals surface area contributed by atoms with Crippen molar-refractivity contribution in [2.45, 2.75) is 0 Å². The molecule has 134 valence electrons. The Labute approximate surface area is 145 Å². The Balaban J connectivity index is 1.84. The van der Waals surface area contributed by atoms with Gasteiger partial charge < -0.3 is 20.2 Å². The molecule has 2 aliphatic rings. The molecule has 25 heavy (non-hydrogen) atoms. The Bertz CT molecular complexity index is 714. The van der Waals surface area contributed by atoms with Crippen molar-refractivity contribution in [1.29, 1.82) is 0 Å². The molecule has 0 saturated carbocycles. The Morgan fingerprint density at radius 2 is 1.92 bits per heavy atom. The second-order valence-corrected chi connectivity index (χ2v) is 6.13. The highest BCUT2D eigenvalue weighted by Gasteiger charge is 2.32. The molecule has 1 aromatic carbocycles. The van der Waals surface area contributed by atoms with E-state index in [4.69, 9.17) is 5.11 Å². The van der Waals surface area contributed by atoms with Crippen molar-refractivity contribution in [3.63, 3.8) is 0 Å². The summed E-state index contributed by atoms with van der Waals surface area (Å²) >= 11 is 0. The number of para-hydroxylation sites is 1. The van der Waals surface area contributed by atoms with E-state index in [0.717, 1.165) is 37.2 Å². The van der Waals surface area contributed by atoms with Crippen molar-refractivity contribution >= 4 is 23.2 Å². The minimum absolute atomic E-state index is 0.0129. The van der Waals surface area contributed by atoms with E-state index in [2.05, 4.69) is 15.1 Å². The monoisotopic (exact) mass is 348 g/mol. The van der Waals surface area contributed by atoms with Crippen molar-refractivity contribution in [3.05, 3.63) is 35.8 Å². The lowest BCUT2D eigenvalue weighted by Crippen LogP contribution is -2.44. The largest absolute Gasteiger partial charge is 0.395 e. The SMILES string of the molecule is CN1CCN(c2cccc(F)c2NC2=CC(=O)N(CCO)C2=O)CC1. The van der Waals surface area contributed by atoms with Gasteiger partial charge in [0, 0.05) is 32.3 Å². The summed E-state index contributed by atoms with van der Waals surface area (Å²) in [5.41, 5.74) is 0.860. The van der Waals surface area contributed by atoms with E-state index in [1.54, 1.807) is 12.1 Å². The number of anilines is 2. The van der Waals surface area contributed by atoms with Gasteiger partial charge in [-0.3, -0.25) is 14.5 Å². The second-order valence-electron chi connectivity index (χ2n) is 6.13. The average Bonchev–Trinajstić information content (AvgIpc) is 2.85. The summed E-state index contributed by atoms with van der Waals surface area (Å²) in [6, 6.07) is 4.74. The zero-order chi connectivity index (χ0) is 18.0. The fraction of sp³-hybridized carbons (Fsp3) is 0.412. The number of aliphatic hydroxyl groups excluding tert-OH is 1. The molecular formula is C17H21FN4O3. The van der Waals surface area contributed by atoms with E-state index in [-0.39, 0.29) is 24.5 Å². The minimum Gasteiger partial charge on any atom is -0.395 e. The van der Waals surface area contributed by atoms with E-state index in [1.807, 2.05) is 7.05 Å². The number of nitrogens with one attached hydrogen (secondary N) is 1. The maximum absolute atomic E-state index is 14.4. The fourth-order valence-corrected chi connectivity index (χ4v) is 2.99. The van der Waals surface area contributed by atoms with Gasteiger partial charge in [-0.2, -0.15) is 0 Å². The molecule has 3 rings (SSSR count). The number of piperazine rings is 1. The zero-order valence-electron chi connectivity index (χ0n) is 14.0. The first-order valence-electron chi connectivity index (χ1n) is 8.18. The molecule has 1 fully saturated rings. The predicted molar refractivity (Wildman–Crippen MR) is 91.6 cm³/mol. The quantitative estimate of drug-likeness (QED) is 0.742. The first kappa shape index (κ1) is 17.4. The highest BCUT2D eigenvalue weighted by molar-refractivity contribution is 6.17. The van der Waals surface area contributed by atoms with Gasteiger partial charge in [0.25, 0.3) is 11.8 Å². The summed E-state index contributed by atoms with van der Waals surface area (Å²) < 4.78 is 14.4. The lowest BCUT2D eigenvalue weighted by molar-refractivity contribution is -0.137. The molecular weight excluding hydrogens is 327 g/mol. The molecule has 1 aromatic rings. The van der Waals surface area contributed by atoms with Crippen molar-refractivity contribution in [2.75, 3.05) is 56.6 Å². The van der Waals surface area contributed by atoms with Crippen LogP contribution in [-0.4, -0.2) is 73.1 Å². The summed E-state index contributed by atoms with van der Waals surface area (Å²) in [6.07, 6.45) is 1.14. The number of halogens is 1. The van der Waals surface area contributed by atoms with Gasteiger partial charge in [0.2, 0.25) is 0 Å². The number of rotatable bonds is 5. The van der Waals surface area contributed by atoms with Crippen LogP contribution in [0.15, 0.2) is 30.0 Å². The summed E-state index contributed by atoms with van der Waals surface area (Å²) in [5.74, 6) is -1.57.